The number of fused-ring (bicyclic) bond motifs is 9. The fourth-order valence-corrected chi connectivity index (χ4v) is 10.1. The first kappa shape index (κ1) is 32.2. The summed E-state index contributed by atoms with van der Waals surface area (Å²) in [4.78, 5) is 10.2. The van der Waals surface area contributed by atoms with Crippen molar-refractivity contribution in [3.05, 3.63) is 185 Å². The van der Waals surface area contributed by atoms with Gasteiger partial charge in [0.1, 0.15) is 17.6 Å². The summed E-state index contributed by atoms with van der Waals surface area (Å²) < 4.78 is 11.8. The van der Waals surface area contributed by atoms with E-state index in [1.165, 1.54) is 52.8 Å². The standard InChI is InChI=1S/C51H34N4OS/c1-3-13-31(14-4-1)49-52-50(32-15-5-2-6-16-32)54-51(53-49)34-26-28-46-40(30-34)39-29-33(25-27-45(39)57-46)35-19-12-24-44-47(35)38-20-11-23-43(48(38)56-44)55-41-21-9-7-17-36(41)37-18-8-10-22-42(37)55/h1-25,27-30,34,51H,26H2,(H,52,53,54). The van der Waals surface area contributed by atoms with Crippen LogP contribution in [-0.2, 0) is 0 Å². The number of aliphatic imine (C=N–C) groups is 2. The number of furan rings is 1. The molecule has 1 aliphatic heterocycles. The van der Waals surface area contributed by atoms with Crippen molar-refractivity contribution < 1.29 is 4.42 Å². The highest BCUT2D eigenvalue weighted by atomic mass is 32.1. The third kappa shape index (κ3) is 5.14. The van der Waals surface area contributed by atoms with E-state index in [2.05, 4.69) is 162 Å². The number of rotatable bonds is 5. The van der Waals surface area contributed by atoms with Crippen LogP contribution in [0.4, 0.5) is 0 Å². The Morgan fingerprint density at radius 3 is 2.12 bits per heavy atom. The first-order valence-corrected chi connectivity index (χ1v) is 20.3. The van der Waals surface area contributed by atoms with E-state index in [9.17, 15) is 0 Å². The molecule has 0 fully saturated rings. The summed E-state index contributed by atoms with van der Waals surface area (Å²) in [6, 6.07) is 57.9. The average molecular weight is 751 g/mol. The number of thiophene rings is 1. The molecule has 0 amide bonds. The number of para-hydroxylation sites is 3. The van der Waals surface area contributed by atoms with Crippen molar-refractivity contribution in [3.8, 4) is 16.8 Å². The van der Waals surface area contributed by atoms with Crippen LogP contribution in [0.5, 0.6) is 0 Å². The van der Waals surface area contributed by atoms with Gasteiger partial charge in [-0.1, -0.05) is 140 Å². The highest BCUT2D eigenvalue weighted by molar-refractivity contribution is 7.17. The third-order valence-corrected chi connectivity index (χ3v) is 12.8. The minimum absolute atomic E-state index is 0.146. The molecule has 0 saturated heterocycles. The molecule has 0 saturated carbocycles. The van der Waals surface area contributed by atoms with Crippen molar-refractivity contribution in [3.63, 3.8) is 0 Å². The summed E-state index contributed by atoms with van der Waals surface area (Å²) in [7, 11) is 0. The number of hydrogen-bond donors (Lipinski definition) is 1. The fraction of sp³-hybridized carbons (Fsp3) is 0.0588. The van der Waals surface area contributed by atoms with Gasteiger partial charge in [-0.2, -0.15) is 0 Å². The molecule has 1 aliphatic carbocycles. The van der Waals surface area contributed by atoms with Crippen molar-refractivity contribution in [2.24, 2.45) is 15.9 Å². The van der Waals surface area contributed by atoms with Gasteiger partial charge in [0.2, 0.25) is 0 Å². The van der Waals surface area contributed by atoms with Crippen molar-refractivity contribution >= 4 is 89.0 Å². The Balaban J connectivity index is 0.983. The second-order valence-corrected chi connectivity index (χ2v) is 16.0. The Morgan fingerprint density at radius 1 is 0.632 bits per heavy atom. The molecular weight excluding hydrogens is 717 g/mol. The highest BCUT2D eigenvalue weighted by Crippen LogP contribution is 2.41. The van der Waals surface area contributed by atoms with Crippen molar-refractivity contribution in [1.29, 1.82) is 0 Å². The quantitative estimate of drug-likeness (QED) is 0.190. The second kappa shape index (κ2) is 12.8. The largest absolute Gasteiger partial charge is 0.454 e. The lowest BCUT2D eigenvalue weighted by atomic mass is 9.94. The lowest BCUT2D eigenvalue weighted by Gasteiger charge is -2.28. The highest BCUT2D eigenvalue weighted by Gasteiger charge is 2.27. The Morgan fingerprint density at radius 2 is 1.33 bits per heavy atom. The summed E-state index contributed by atoms with van der Waals surface area (Å²) in [5.41, 5.74) is 9.56. The minimum Gasteiger partial charge on any atom is -0.454 e. The summed E-state index contributed by atoms with van der Waals surface area (Å²) in [6.07, 6.45) is 5.58. The second-order valence-electron chi connectivity index (χ2n) is 14.9. The minimum atomic E-state index is -0.162. The summed E-state index contributed by atoms with van der Waals surface area (Å²) in [6.45, 7) is 0. The maximum absolute atomic E-state index is 6.83. The van der Waals surface area contributed by atoms with Crippen molar-refractivity contribution in [2.75, 3.05) is 0 Å². The number of aromatic nitrogens is 1. The SMILES string of the molecule is C1=c2sc3ccc(-c4cccc5oc6c(-n7c8ccccc8c8ccccc87)cccc6c45)cc3c2=CC(C2N=C(c3ccccc3)N=C(c3ccccc3)N2)C1. The van der Waals surface area contributed by atoms with Gasteiger partial charge in [-0.15, -0.1) is 11.3 Å². The van der Waals surface area contributed by atoms with Gasteiger partial charge in [0.25, 0.3) is 0 Å². The number of nitrogens with zero attached hydrogens (tertiary/aromatic N) is 3. The Kier molecular flexibility index (Phi) is 7.22. The van der Waals surface area contributed by atoms with E-state index >= 15 is 0 Å². The predicted octanol–water partition coefficient (Wildman–Crippen LogP) is 11.0. The van der Waals surface area contributed by atoms with Crippen LogP contribution in [0, 0.1) is 5.92 Å². The maximum atomic E-state index is 6.83. The summed E-state index contributed by atoms with van der Waals surface area (Å²) >= 11 is 1.87. The van der Waals surface area contributed by atoms with Crippen LogP contribution in [0.25, 0.3) is 82.8 Å². The van der Waals surface area contributed by atoms with Gasteiger partial charge in [0, 0.05) is 53.2 Å². The zero-order valence-corrected chi connectivity index (χ0v) is 31.6. The Labute approximate surface area is 331 Å². The molecule has 5 nitrogen and oxygen atoms in total. The van der Waals surface area contributed by atoms with Crippen LogP contribution in [0.15, 0.2) is 178 Å². The lowest BCUT2D eigenvalue weighted by Crippen LogP contribution is -2.44. The summed E-state index contributed by atoms with van der Waals surface area (Å²) in [5.74, 6) is 1.76. The molecule has 2 unspecified atom stereocenters. The first-order valence-electron chi connectivity index (χ1n) is 19.5. The zero-order chi connectivity index (χ0) is 37.5. The monoisotopic (exact) mass is 750 g/mol. The van der Waals surface area contributed by atoms with Crippen LogP contribution < -0.4 is 15.1 Å². The average Bonchev–Trinajstić information content (AvgIpc) is 3.96. The molecule has 12 rings (SSSR count). The van der Waals surface area contributed by atoms with Gasteiger partial charge >= 0.3 is 0 Å². The van der Waals surface area contributed by atoms with E-state index in [4.69, 9.17) is 14.4 Å². The number of amidine groups is 2. The molecule has 10 aromatic rings. The predicted molar refractivity (Wildman–Crippen MR) is 238 cm³/mol. The van der Waals surface area contributed by atoms with E-state index in [0.29, 0.717) is 0 Å². The van der Waals surface area contributed by atoms with Gasteiger partial charge < -0.3 is 14.3 Å². The van der Waals surface area contributed by atoms with Crippen molar-refractivity contribution in [1.82, 2.24) is 9.88 Å². The van der Waals surface area contributed by atoms with E-state index < -0.39 is 0 Å². The van der Waals surface area contributed by atoms with Crippen molar-refractivity contribution in [2.45, 2.75) is 12.6 Å². The zero-order valence-electron chi connectivity index (χ0n) is 30.8. The van der Waals surface area contributed by atoms with E-state index in [0.717, 1.165) is 56.8 Å². The maximum Gasteiger partial charge on any atom is 0.159 e. The molecule has 3 aromatic heterocycles. The molecule has 0 spiro atoms. The van der Waals surface area contributed by atoms with E-state index in [1.807, 2.05) is 35.6 Å². The molecule has 4 heterocycles. The Bertz CT molecular complexity index is 3370. The molecular formula is C51H34N4OS. The van der Waals surface area contributed by atoms with Crippen LogP contribution in [0.1, 0.15) is 17.5 Å². The van der Waals surface area contributed by atoms with Gasteiger partial charge in [-0.3, -0.25) is 0 Å². The lowest BCUT2D eigenvalue weighted by molar-refractivity contribution is 0.504. The Hall–Kier alpha value is -7.02. The molecule has 57 heavy (non-hydrogen) atoms. The molecule has 2 atom stereocenters. The third-order valence-electron chi connectivity index (χ3n) is 11.6. The van der Waals surface area contributed by atoms with Crippen LogP contribution in [0.2, 0.25) is 0 Å². The van der Waals surface area contributed by atoms with Crippen LogP contribution in [-0.4, -0.2) is 22.4 Å². The van der Waals surface area contributed by atoms with E-state index in [1.54, 1.807) is 0 Å². The van der Waals surface area contributed by atoms with Gasteiger partial charge in [-0.05, 0) is 59.2 Å². The van der Waals surface area contributed by atoms with Gasteiger partial charge in [-0.25, -0.2) is 9.98 Å². The normalized spacial score (nSPS) is 16.6. The summed E-state index contributed by atoms with van der Waals surface area (Å²) in [5, 5.41) is 11.0. The number of hydrogen-bond acceptors (Lipinski definition) is 5. The molecule has 270 valence electrons. The topological polar surface area (TPSA) is 54.8 Å². The first-order chi connectivity index (χ1) is 28.2. The molecule has 7 aromatic carbocycles. The van der Waals surface area contributed by atoms with Crippen LogP contribution in [0.3, 0.4) is 0 Å². The molecule has 0 bridgehead atoms. The van der Waals surface area contributed by atoms with E-state index in [-0.39, 0.29) is 12.1 Å². The number of nitrogens with one attached hydrogen (secondary N) is 1. The fourth-order valence-electron chi connectivity index (χ4n) is 8.95. The molecule has 6 heteroatoms. The smallest absolute Gasteiger partial charge is 0.159 e. The van der Waals surface area contributed by atoms with Gasteiger partial charge in [0.05, 0.1) is 16.7 Å². The molecule has 2 aliphatic rings. The molecule has 1 N–H and O–H groups in total. The number of benzene rings is 7. The van der Waals surface area contributed by atoms with Gasteiger partial charge in [0.15, 0.2) is 11.4 Å². The van der Waals surface area contributed by atoms with Crippen LogP contribution >= 0.6 is 11.3 Å². The molecule has 0 radical (unpaired) electrons.